The van der Waals surface area contributed by atoms with Gasteiger partial charge in [-0.05, 0) is 18.3 Å². The summed E-state index contributed by atoms with van der Waals surface area (Å²) in [5.74, 6) is -0.224. The number of amides is 1. The van der Waals surface area contributed by atoms with Crippen molar-refractivity contribution in [3.63, 3.8) is 0 Å². The number of anilines is 1. The Morgan fingerprint density at radius 3 is 2.63 bits per heavy atom. The molecule has 1 amide bonds. The fourth-order valence-corrected chi connectivity index (χ4v) is 1.92. The van der Waals surface area contributed by atoms with Crippen molar-refractivity contribution in [3.8, 4) is 0 Å². The van der Waals surface area contributed by atoms with Crippen LogP contribution < -0.4 is 11.1 Å². The summed E-state index contributed by atoms with van der Waals surface area (Å²) in [6, 6.07) is 0. The van der Waals surface area contributed by atoms with Gasteiger partial charge in [0.05, 0.1) is 11.4 Å². The fraction of sp³-hybridized carbons (Fsp3) is 0.692. The zero-order chi connectivity index (χ0) is 14.6. The monoisotopic (exact) mass is 268 g/mol. The highest BCUT2D eigenvalue weighted by atomic mass is 16.3. The second-order valence-electron chi connectivity index (χ2n) is 5.51. The van der Waals surface area contributed by atoms with Gasteiger partial charge in [0.25, 0.3) is 5.91 Å². The molecule has 0 aliphatic heterocycles. The summed E-state index contributed by atoms with van der Waals surface area (Å²) in [4.78, 5) is 12.2. The Bertz CT molecular complexity index is 452. The minimum absolute atomic E-state index is 0.108. The number of nitrogens with one attached hydrogen (secondary N) is 1. The molecule has 0 aliphatic rings. The predicted octanol–water partition coefficient (Wildman–Crippen LogP) is 0.703. The van der Waals surface area contributed by atoms with E-state index in [4.69, 9.17) is 10.8 Å². The van der Waals surface area contributed by atoms with Crippen LogP contribution in [0.5, 0.6) is 0 Å². The number of hydrogen-bond acceptors (Lipinski definition) is 4. The number of rotatable bonds is 6. The van der Waals surface area contributed by atoms with E-state index in [9.17, 15) is 4.79 Å². The quantitative estimate of drug-likeness (QED) is 0.708. The maximum Gasteiger partial charge on any atom is 0.271 e. The number of nitrogens with two attached hydrogens (primary N) is 1. The first-order valence-corrected chi connectivity index (χ1v) is 6.52. The number of aryl methyl sites for hydroxylation is 2. The molecule has 108 valence electrons. The van der Waals surface area contributed by atoms with E-state index >= 15 is 0 Å². The number of aliphatic hydroxyl groups is 1. The van der Waals surface area contributed by atoms with Crippen molar-refractivity contribution in [2.45, 2.75) is 33.6 Å². The molecular weight excluding hydrogens is 244 g/mol. The first kappa shape index (κ1) is 15.5. The SMILES string of the molecule is CCc1nn(C)c(C(=O)NCC(C)(C)CCO)c1N. The third kappa shape index (κ3) is 3.70. The molecule has 0 radical (unpaired) electrons. The Kier molecular flexibility index (Phi) is 4.94. The Hall–Kier alpha value is -1.56. The van der Waals surface area contributed by atoms with Gasteiger partial charge in [0.2, 0.25) is 0 Å². The zero-order valence-corrected chi connectivity index (χ0v) is 12.2. The summed E-state index contributed by atoms with van der Waals surface area (Å²) in [5, 5.41) is 16.0. The maximum atomic E-state index is 12.2. The van der Waals surface area contributed by atoms with E-state index < -0.39 is 0 Å². The number of carbonyl (C=O) groups is 1. The first-order valence-electron chi connectivity index (χ1n) is 6.52. The minimum Gasteiger partial charge on any atom is -0.396 e. The van der Waals surface area contributed by atoms with Crippen molar-refractivity contribution in [1.29, 1.82) is 0 Å². The largest absolute Gasteiger partial charge is 0.396 e. The average molecular weight is 268 g/mol. The van der Waals surface area contributed by atoms with Gasteiger partial charge in [0, 0.05) is 20.2 Å². The molecule has 0 fully saturated rings. The van der Waals surface area contributed by atoms with Crippen LogP contribution in [0.25, 0.3) is 0 Å². The summed E-state index contributed by atoms with van der Waals surface area (Å²) < 4.78 is 1.52. The number of aromatic nitrogens is 2. The lowest BCUT2D eigenvalue weighted by atomic mass is 9.90. The molecule has 1 rings (SSSR count). The molecule has 4 N–H and O–H groups in total. The molecule has 6 heteroatoms. The van der Waals surface area contributed by atoms with Crippen molar-refractivity contribution in [1.82, 2.24) is 15.1 Å². The average Bonchev–Trinajstić information content (AvgIpc) is 2.61. The summed E-state index contributed by atoms with van der Waals surface area (Å²) in [7, 11) is 1.71. The van der Waals surface area contributed by atoms with E-state index in [2.05, 4.69) is 10.4 Å². The van der Waals surface area contributed by atoms with Crippen molar-refractivity contribution in [3.05, 3.63) is 11.4 Å². The van der Waals surface area contributed by atoms with Gasteiger partial charge in [-0.15, -0.1) is 0 Å². The molecule has 0 bridgehead atoms. The molecule has 1 aromatic rings. The number of aliphatic hydroxyl groups excluding tert-OH is 1. The highest BCUT2D eigenvalue weighted by molar-refractivity contribution is 5.98. The van der Waals surface area contributed by atoms with Gasteiger partial charge in [-0.1, -0.05) is 20.8 Å². The smallest absolute Gasteiger partial charge is 0.271 e. The van der Waals surface area contributed by atoms with Gasteiger partial charge in [-0.25, -0.2) is 0 Å². The molecule has 0 aromatic carbocycles. The van der Waals surface area contributed by atoms with Crippen LogP contribution in [0, 0.1) is 5.41 Å². The van der Waals surface area contributed by atoms with Crippen LogP contribution in [0.2, 0.25) is 0 Å². The molecule has 19 heavy (non-hydrogen) atoms. The Morgan fingerprint density at radius 1 is 1.53 bits per heavy atom. The van der Waals surface area contributed by atoms with Crippen LogP contribution in [0.4, 0.5) is 5.69 Å². The molecule has 0 spiro atoms. The van der Waals surface area contributed by atoms with Crippen LogP contribution >= 0.6 is 0 Å². The Labute approximate surface area is 114 Å². The lowest BCUT2D eigenvalue weighted by Crippen LogP contribution is -2.35. The molecule has 0 atom stereocenters. The van der Waals surface area contributed by atoms with Crippen LogP contribution in [0.15, 0.2) is 0 Å². The van der Waals surface area contributed by atoms with Gasteiger partial charge in [-0.3, -0.25) is 9.48 Å². The van der Waals surface area contributed by atoms with Gasteiger partial charge in [0.15, 0.2) is 0 Å². The standard InChI is InChI=1S/C13H24N4O2/c1-5-9-10(14)11(17(4)16-9)12(19)15-8-13(2,3)6-7-18/h18H,5-8,14H2,1-4H3,(H,15,19). The summed E-state index contributed by atoms with van der Waals surface area (Å²) in [5.41, 5.74) is 7.37. The zero-order valence-electron chi connectivity index (χ0n) is 12.2. The summed E-state index contributed by atoms with van der Waals surface area (Å²) in [6.07, 6.45) is 1.33. The molecule has 0 saturated carbocycles. The first-order chi connectivity index (χ1) is 8.82. The van der Waals surface area contributed by atoms with Crippen molar-refractivity contribution >= 4 is 11.6 Å². The second-order valence-corrected chi connectivity index (χ2v) is 5.51. The van der Waals surface area contributed by atoms with Crippen LogP contribution in [-0.4, -0.2) is 33.9 Å². The van der Waals surface area contributed by atoms with E-state index in [-0.39, 0.29) is 17.9 Å². The minimum atomic E-state index is -0.224. The van der Waals surface area contributed by atoms with E-state index in [0.29, 0.717) is 30.8 Å². The van der Waals surface area contributed by atoms with Crippen molar-refractivity contribution < 1.29 is 9.90 Å². The number of nitrogen functional groups attached to an aromatic ring is 1. The van der Waals surface area contributed by atoms with E-state index in [1.807, 2.05) is 20.8 Å². The van der Waals surface area contributed by atoms with Gasteiger partial charge < -0.3 is 16.2 Å². The van der Waals surface area contributed by atoms with E-state index in [0.717, 1.165) is 5.69 Å². The number of nitrogens with zero attached hydrogens (tertiary/aromatic N) is 2. The van der Waals surface area contributed by atoms with Crippen LogP contribution in [0.3, 0.4) is 0 Å². The summed E-state index contributed by atoms with van der Waals surface area (Å²) >= 11 is 0. The summed E-state index contributed by atoms with van der Waals surface area (Å²) in [6.45, 7) is 6.53. The van der Waals surface area contributed by atoms with Gasteiger partial charge in [0.1, 0.15) is 5.69 Å². The third-order valence-corrected chi connectivity index (χ3v) is 3.23. The highest BCUT2D eigenvalue weighted by Gasteiger charge is 2.22. The molecule has 0 unspecified atom stereocenters. The molecule has 1 aromatic heterocycles. The third-order valence-electron chi connectivity index (χ3n) is 3.23. The van der Waals surface area contributed by atoms with Crippen molar-refractivity contribution in [2.24, 2.45) is 12.5 Å². The molecule has 1 heterocycles. The van der Waals surface area contributed by atoms with E-state index in [1.165, 1.54) is 4.68 Å². The normalized spacial score (nSPS) is 11.6. The molecule has 0 aliphatic carbocycles. The molecule has 6 nitrogen and oxygen atoms in total. The van der Waals surface area contributed by atoms with E-state index in [1.54, 1.807) is 7.05 Å². The second kappa shape index (κ2) is 6.06. The lowest BCUT2D eigenvalue weighted by Gasteiger charge is -2.23. The highest BCUT2D eigenvalue weighted by Crippen LogP contribution is 2.20. The number of hydrogen-bond donors (Lipinski definition) is 3. The topological polar surface area (TPSA) is 93.2 Å². The Balaban J connectivity index is 2.77. The maximum absolute atomic E-state index is 12.2. The van der Waals surface area contributed by atoms with Crippen LogP contribution in [0.1, 0.15) is 43.4 Å². The Morgan fingerprint density at radius 2 is 2.16 bits per heavy atom. The molecule has 0 saturated heterocycles. The van der Waals surface area contributed by atoms with Gasteiger partial charge in [-0.2, -0.15) is 5.10 Å². The molecular formula is C13H24N4O2. The van der Waals surface area contributed by atoms with Crippen molar-refractivity contribution in [2.75, 3.05) is 18.9 Å². The predicted molar refractivity (Wildman–Crippen MR) is 74.8 cm³/mol. The fourth-order valence-electron chi connectivity index (χ4n) is 1.92. The van der Waals surface area contributed by atoms with Crippen LogP contribution in [-0.2, 0) is 13.5 Å². The lowest BCUT2D eigenvalue weighted by molar-refractivity contribution is 0.0919. The number of carbonyl (C=O) groups excluding carboxylic acids is 1. The van der Waals surface area contributed by atoms with Gasteiger partial charge >= 0.3 is 0 Å².